The summed E-state index contributed by atoms with van der Waals surface area (Å²) in [6.45, 7) is 5.88. The first-order chi connectivity index (χ1) is 20.1. The molecule has 2 heterocycles. The fourth-order valence-corrected chi connectivity index (χ4v) is 5.15. The van der Waals surface area contributed by atoms with Crippen LogP contribution < -0.4 is 28.4 Å². The number of hydrogen-bond donors (Lipinski definition) is 0. The average molecular weight is 559 g/mol. The summed E-state index contributed by atoms with van der Waals surface area (Å²) in [6, 6.07) is 18.0. The zero-order valence-electron chi connectivity index (χ0n) is 24.5. The lowest BCUT2D eigenvalue weighted by Crippen LogP contribution is -2.33. The molecule has 0 aliphatic carbocycles. The van der Waals surface area contributed by atoms with E-state index >= 15 is 0 Å². The predicted molar refractivity (Wildman–Crippen MR) is 160 cm³/mol. The molecule has 0 amide bonds. The lowest BCUT2D eigenvalue weighted by molar-refractivity contribution is 0.197. The van der Waals surface area contributed by atoms with Gasteiger partial charge in [-0.15, -0.1) is 0 Å². The van der Waals surface area contributed by atoms with E-state index in [0.29, 0.717) is 24.7 Å². The quantitative estimate of drug-likeness (QED) is 0.205. The molecule has 0 fully saturated rings. The van der Waals surface area contributed by atoms with Gasteiger partial charge in [0.15, 0.2) is 23.0 Å². The largest absolute Gasteiger partial charge is 0.494 e. The van der Waals surface area contributed by atoms with Crippen LogP contribution in [0.15, 0.2) is 54.6 Å². The molecule has 0 bridgehead atoms. The molecule has 216 valence electrons. The summed E-state index contributed by atoms with van der Waals surface area (Å²) in [4.78, 5) is 7.35. The van der Waals surface area contributed by atoms with E-state index in [9.17, 15) is 0 Å². The Kier molecular flexibility index (Phi) is 8.99. The Balaban J connectivity index is 1.38. The third-order valence-electron chi connectivity index (χ3n) is 7.36. The van der Waals surface area contributed by atoms with E-state index in [0.717, 1.165) is 77.6 Å². The van der Waals surface area contributed by atoms with E-state index in [1.807, 2.05) is 42.5 Å². The van der Waals surface area contributed by atoms with Crippen molar-refractivity contribution in [2.24, 2.45) is 0 Å². The van der Waals surface area contributed by atoms with E-state index in [1.165, 1.54) is 11.1 Å². The van der Waals surface area contributed by atoms with Crippen molar-refractivity contribution < 1.29 is 28.4 Å². The molecule has 0 atom stereocenters. The third-order valence-corrected chi connectivity index (χ3v) is 7.36. The first-order valence-electron chi connectivity index (χ1n) is 14.0. The van der Waals surface area contributed by atoms with Gasteiger partial charge in [0.05, 0.1) is 46.3 Å². The van der Waals surface area contributed by atoms with Crippen LogP contribution in [0.3, 0.4) is 0 Å². The van der Waals surface area contributed by atoms with Crippen LogP contribution >= 0.6 is 0 Å². The summed E-state index contributed by atoms with van der Waals surface area (Å²) in [5, 5.41) is 0.870. The molecule has 8 heteroatoms. The smallest absolute Gasteiger partial charge is 0.162 e. The fourth-order valence-electron chi connectivity index (χ4n) is 5.15. The molecule has 0 spiro atoms. The molecule has 0 N–H and O–H groups in total. The molecular weight excluding hydrogens is 520 g/mol. The SMILES string of the molecule is CCCOc1ccc(-c2cc(OCCN3CCc4cc(OC)c(OC)cc4C3)c3cc(OC)c(OC)cc3n2)cc1. The van der Waals surface area contributed by atoms with Gasteiger partial charge in [0.2, 0.25) is 0 Å². The highest BCUT2D eigenvalue weighted by Crippen LogP contribution is 2.38. The minimum Gasteiger partial charge on any atom is -0.494 e. The summed E-state index contributed by atoms with van der Waals surface area (Å²) in [7, 11) is 6.61. The minimum absolute atomic E-state index is 0.527. The Hall–Kier alpha value is -4.17. The van der Waals surface area contributed by atoms with Gasteiger partial charge in [-0.1, -0.05) is 6.92 Å². The van der Waals surface area contributed by atoms with E-state index in [1.54, 1.807) is 28.4 Å². The zero-order chi connectivity index (χ0) is 28.8. The summed E-state index contributed by atoms with van der Waals surface area (Å²) in [5.74, 6) is 4.39. The summed E-state index contributed by atoms with van der Waals surface area (Å²) >= 11 is 0. The van der Waals surface area contributed by atoms with E-state index in [-0.39, 0.29) is 0 Å². The molecule has 8 nitrogen and oxygen atoms in total. The maximum atomic E-state index is 6.46. The van der Waals surface area contributed by atoms with E-state index < -0.39 is 0 Å². The highest BCUT2D eigenvalue weighted by atomic mass is 16.5. The van der Waals surface area contributed by atoms with E-state index in [2.05, 4.69) is 24.0 Å². The van der Waals surface area contributed by atoms with Gasteiger partial charge in [-0.2, -0.15) is 0 Å². The van der Waals surface area contributed by atoms with Gasteiger partial charge in [-0.25, -0.2) is 4.98 Å². The van der Waals surface area contributed by atoms with Gasteiger partial charge in [0.1, 0.15) is 18.1 Å². The lowest BCUT2D eigenvalue weighted by Gasteiger charge is -2.29. The number of rotatable bonds is 12. The lowest BCUT2D eigenvalue weighted by atomic mass is 9.99. The molecule has 4 aromatic rings. The number of pyridine rings is 1. The zero-order valence-corrected chi connectivity index (χ0v) is 24.5. The Morgan fingerprint density at radius 1 is 0.707 bits per heavy atom. The molecule has 41 heavy (non-hydrogen) atoms. The summed E-state index contributed by atoms with van der Waals surface area (Å²) in [6.07, 6.45) is 1.92. The second kappa shape index (κ2) is 13.0. The molecule has 1 aliphatic rings. The summed E-state index contributed by atoms with van der Waals surface area (Å²) in [5.41, 5.74) is 5.13. The highest BCUT2D eigenvalue weighted by Gasteiger charge is 2.20. The predicted octanol–water partition coefficient (Wildman–Crippen LogP) is 6.16. The number of methoxy groups -OCH3 is 4. The second-order valence-electron chi connectivity index (χ2n) is 9.95. The number of aromatic nitrogens is 1. The number of fused-ring (bicyclic) bond motifs is 2. The van der Waals surface area contributed by atoms with Gasteiger partial charge in [0, 0.05) is 42.7 Å². The molecule has 0 radical (unpaired) electrons. The number of benzene rings is 3. The Labute approximate surface area is 241 Å². The number of ether oxygens (including phenoxy) is 6. The van der Waals surface area contributed by atoms with Gasteiger partial charge in [-0.05, 0) is 66.4 Å². The topological polar surface area (TPSA) is 71.5 Å². The molecule has 5 rings (SSSR count). The minimum atomic E-state index is 0.527. The standard InChI is InChI=1S/C33H38N2O6/c1-6-14-40-25-9-7-22(8-10-25)27-19-29(26-18-32(38-4)33(39-5)20-28(26)34-27)41-15-13-35-12-11-23-16-30(36-2)31(37-3)17-24(23)21-35/h7-10,16-20H,6,11-15,21H2,1-5H3. The van der Waals surface area contributed by atoms with Crippen LogP contribution in [0.25, 0.3) is 22.2 Å². The van der Waals surface area contributed by atoms with Crippen LogP contribution in [-0.2, 0) is 13.0 Å². The van der Waals surface area contributed by atoms with Gasteiger partial charge in [0.25, 0.3) is 0 Å². The van der Waals surface area contributed by atoms with Crippen molar-refractivity contribution in [3.63, 3.8) is 0 Å². The first-order valence-corrected chi connectivity index (χ1v) is 14.0. The Morgan fingerprint density at radius 2 is 1.37 bits per heavy atom. The van der Waals surface area contributed by atoms with Crippen LogP contribution in [0, 0.1) is 0 Å². The molecular formula is C33H38N2O6. The maximum absolute atomic E-state index is 6.46. The van der Waals surface area contributed by atoms with Crippen LogP contribution in [0.5, 0.6) is 34.5 Å². The van der Waals surface area contributed by atoms with E-state index in [4.69, 9.17) is 33.4 Å². The van der Waals surface area contributed by atoms with Gasteiger partial charge >= 0.3 is 0 Å². The van der Waals surface area contributed by atoms with Crippen LogP contribution in [0.1, 0.15) is 24.5 Å². The Bertz CT molecular complexity index is 1490. The number of hydrogen-bond acceptors (Lipinski definition) is 8. The molecule has 3 aromatic carbocycles. The van der Waals surface area contributed by atoms with Gasteiger partial charge < -0.3 is 28.4 Å². The van der Waals surface area contributed by atoms with Crippen LogP contribution in [-0.4, -0.2) is 64.6 Å². The summed E-state index contributed by atoms with van der Waals surface area (Å²) < 4.78 is 34.4. The van der Waals surface area contributed by atoms with Crippen molar-refractivity contribution in [2.45, 2.75) is 26.3 Å². The number of nitrogens with zero attached hydrogens (tertiary/aromatic N) is 2. The van der Waals surface area contributed by atoms with Crippen LogP contribution in [0.2, 0.25) is 0 Å². The van der Waals surface area contributed by atoms with Crippen molar-refractivity contribution in [1.29, 1.82) is 0 Å². The molecule has 0 saturated carbocycles. The van der Waals surface area contributed by atoms with Crippen molar-refractivity contribution in [1.82, 2.24) is 9.88 Å². The highest BCUT2D eigenvalue weighted by molar-refractivity contribution is 5.90. The normalized spacial score (nSPS) is 13.0. The van der Waals surface area contributed by atoms with Gasteiger partial charge in [-0.3, -0.25) is 4.90 Å². The van der Waals surface area contributed by atoms with Crippen LogP contribution in [0.4, 0.5) is 0 Å². The second-order valence-corrected chi connectivity index (χ2v) is 9.95. The molecule has 1 aliphatic heterocycles. The van der Waals surface area contributed by atoms with Crippen molar-refractivity contribution in [3.8, 4) is 45.8 Å². The Morgan fingerprint density at radius 3 is 2.05 bits per heavy atom. The maximum Gasteiger partial charge on any atom is 0.162 e. The average Bonchev–Trinajstić information content (AvgIpc) is 3.02. The molecule has 0 saturated heterocycles. The fraction of sp³-hybridized carbons (Fsp3) is 0.364. The third kappa shape index (κ3) is 6.28. The van der Waals surface area contributed by atoms with Crippen molar-refractivity contribution in [3.05, 3.63) is 65.7 Å². The van der Waals surface area contributed by atoms with Crippen molar-refractivity contribution >= 4 is 10.9 Å². The molecule has 0 unspecified atom stereocenters. The monoisotopic (exact) mass is 558 g/mol. The first kappa shape index (κ1) is 28.4. The molecule has 1 aromatic heterocycles. The van der Waals surface area contributed by atoms with Crippen molar-refractivity contribution in [2.75, 3.05) is 54.7 Å².